The topological polar surface area (TPSA) is 62.2 Å². The molecule has 1 aliphatic heterocycles. The number of aromatic nitrogens is 1. The summed E-state index contributed by atoms with van der Waals surface area (Å²) in [7, 11) is 0. The molecule has 4 nitrogen and oxygen atoms in total. The number of rotatable bonds is 2. The number of thioether (sulfide) groups is 1. The van der Waals surface area contributed by atoms with Gasteiger partial charge in [0.15, 0.2) is 0 Å². The second kappa shape index (κ2) is 4.63. The van der Waals surface area contributed by atoms with Crippen LogP contribution in [0.25, 0.3) is 0 Å². The van der Waals surface area contributed by atoms with E-state index < -0.39 is 12.0 Å². The first-order valence-electron chi connectivity index (χ1n) is 4.79. The summed E-state index contributed by atoms with van der Waals surface area (Å²) >= 11 is 1.70. The number of hydrogen-bond donors (Lipinski definition) is 2. The zero-order valence-corrected chi connectivity index (χ0v) is 8.91. The third kappa shape index (κ3) is 2.49. The van der Waals surface area contributed by atoms with Crippen LogP contribution < -0.4 is 5.32 Å². The minimum Gasteiger partial charge on any atom is -0.480 e. The molecule has 5 heteroatoms. The van der Waals surface area contributed by atoms with Gasteiger partial charge >= 0.3 is 5.97 Å². The minimum absolute atomic E-state index is 0.000972. The van der Waals surface area contributed by atoms with E-state index >= 15 is 0 Å². The average Bonchev–Trinajstić information content (AvgIpc) is 2.30. The van der Waals surface area contributed by atoms with E-state index in [1.807, 2.05) is 18.2 Å². The molecule has 15 heavy (non-hydrogen) atoms. The maximum absolute atomic E-state index is 10.8. The SMILES string of the molecule is O=C(O)C1CCSC(c2ccccn2)N1. The van der Waals surface area contributed by atoms with Crippen LogP contribution in [-0.4, -0.2) is 27.9 Å². The monoisotopic (exact) mass is 224 g/mol. The third-order valence-corrected chi connectivity index (χ3v) is 3.48. The van der Waals surface area contributed by atoms with Crippen LogP contribution in [0.5, 0.6) is 0 Å². The molecule has 2 unspecified atom stereocenters. The Labute approximate surface area is 92.1 Å². The number of aliphatic carboxylic acids is 1. The molecule has 1 aliphatic rings. The van der Waals surface area contributed by atoms with Crippen molar-refractivity contribution < 1.29 is 9.90 Å². The smallest absolute Gasteiger partial charge is 0.320 e. The van der Waals surface area contributed by atoms with Gasteiger partial charge in [-0.2, -0.15) is 0 Å². The third-order valence-electron chi connectivity index (χ3n) is 2.30. The number of carbonyl (C=O) groups is 1. The number of pyridine rings is 1. The first-order chi connectivity index (χ1) is 7.27. The maximum Gasteiger partial charge on any atom is 0.320 e. The Morgan fingerprint density at radius 3 is 3.13 bits per heavy atom. The lowest BCUT2D eigenvalue weighted by Gasteiger charge is -2.27. The van der Waals surface area contributed by atoms with Gasteiger partial charge in [0.25, 0.3) is 0 Å². The van der Waals surface area contributed by atoms with Crippen LogP contribution in [0.2, 0.25) is 0 Å². The Hall–Kier alpha value is -1.07. The lowest BCUT2D eigenvalue weighted by Crippen LogP contribution is -2.42. The van der Waals surface area contributed by atoms with Gasteiger partial charge in [-0.1, -0.05) is 6.07 Å². The Morgan fingerprint density at radius 1 is 1.60 bits per heavy atom. The van der Waals surface area contributed by atoms with E-state index in [1.165, 1.54) is 0 Å². The summed E-state index contributed by atoms with van der Waals surface area (Å²) in [4.78, 5) is 15.1. The van der Waals surface area contributed by atoms with Gasteiger partial charge in [-0.15, -0.1) is 11.8 Å². The number of nitrogens with zero attached hydrogens (tertiary/aromatic N) is 1. The molecule has 0 amide bonds. The fraction of sp³-hybridized carbons (Fsp3) is 0.400. The van der Waals surface area contributed by atoms with Crippen LogP contribution in [0.1, 0.15) is 17.5 Å². The lowest BCUT2D eigenvalue weighted by atomic mass is 10.2. The van der Waals surface area contributed by atoms with Gasteiger partial charge in [0.05, 0.1) is 11.1 Å². The van der Waals surface area contributed by atoms with Crippen LogP contribution in [0.15, 0.2) is 24.4 Å². The van der Waals surface area contributed by atoms with E-state index in [9.17, 15) is 4.79 Å². The predicted molar refractivity (Wildman–Crippen MR) is 58.6 cm³/mol. The molecule has 2 N–H and O–H groups in total. The normalized spacial score (nSPS) is 26.1. The summed E-state index contributed by atoms with van der Waals surface area (Å²) in [6.45, 7) is 0. The molecule has 2 heterocycles. The molecule has 80 valence electrons. The number of hydrogen-bond acceptors (Lipinski definition) is 4. The number of carboxylic acids is 1. The second-order valence-corrected chi connectivity index (χ2v) is 4.56. The standard InChI is InChI=1S/C10H12N2O2S/c13-10(14)8-4-6-15-9(12-8)7-3-1-2-5-11-7/h1-3,5,8-9,12H,4,6H2,(H,13,14). The lowest BCUT2D eigenvalue weighted by molar-refractivity contribution is -0.139. The Balaban J connectivity index is 2.08. The second-order valence-electron chi connectivity index (χ2n) is 3.35. The molecule has 0 bridgehead atoms. The zero-order valence-electron chi connectivity index (χ0n) is 8.09. The van der Waals surface area contributed by atoms with Crippen molar-refractivity contribution in [1.82, 2.24) is 10.3 Å². The van der Waals surface area contributed by atoms with Crippen molar-refractivity contribution >= 4 is 17.7 Å². The van der Waals surface area contributed by atoms with E-state index in [4.69, 9.17) is 5.11 Å². The van der Waals surface area contributed by atoms with E-state index in [1.54, 1.807) is 18.0 Å². The largest absolute Gasteiger partial charge is 0.480 e. The highest BCUT2D eigenvalue weighted by Crippen LogP contribution is 2.30. The molecule has 1 aromatic rings. The predicted octanol–water partition coefficient (Wildman–Crippen LogP) is 1.26. The Bertz CT molecular complexity index is 345. The summed E-state index contributed by atoms with van der Waals surface area (Å²) in [6.07, 6.45) is 2.39. The molecule has 2 rings (SSSR count). The van der Waals surface area contributed by atoms with Crippen molar-refractivity contribution in [2.75, 3.05) is 5.75 Å². The van der Waals surface area contributed by atoms with E-state index in [-0.39, 0.29) is 5.37 Å². The highest BCUT2D eigenvalue weighted by atomic mass is 32.2. The van der Waals surface area contributed by atoms with Crippen molar-refractivity contribution in [3.05, 3.63) is 30.1 Å². The number of nitrogens with one attached hydrogen (secondary N) is 1. The molecule has 2 atom stereocenters. The first-order valence-corrected chi connectivity index (χ1v) is 5.83. The van der Waals surface area contributed by atoms with Gasteiger partial charge in [-0.05, 0) is 24.3 Å². The van der Waals surface area contributed by atoms with E-state index in [0.717, 1.165) is 11.4 Å². The molecule has 1 saturated heterocycles. The molecule has 0 aromatic carbocycles. The molecular formula is C10H12N2O2S. The fourth-order valence-electron chi connectivity index (χ4n) is 1.51. The summed E-state index contributed by atoms with van der Waals surface area (Å²) < 4.78 is 0. The summed E-state index contributed by atoms with van der Waals surface area (Å²) in [5, 5.41) is 12.0. The molecule has 0 saturated carbocycles. The minimum atomic E-state index is -0.781. The van der Waals surface area contributed by atoms with E-state index in [0.29, 0.717) is 6.42 Å². The van der Waals surface area contributed by atoms with Gasteiger partial charge in [0, 0.05) is 6.20 Å². The van der Waals surface area contributed by atoms with Crippen LogP contribution in [0.3, 0.4) is 0 Å². The van der Waals surface area contributed by atoms with Gasteiger partial charge in [-0.3, -0.25) is 15.1 Å². The first kappa shape index (κ1) is 10.4. The Morgan fingerprint density at radius 2 is 2.47 bits per heavy atom. The van der Waals surface area contributed by atoms with Gasteiger partial charge in [0.1, 0.15) is 6.04 Å². The van der Waals surface area contributed by atoms with Crippen molar-refractivity contribution in [2.45, 2.75) is 17.8 Å². The van der Waals surface area contributed by atoms with Crippen LogP contribution in [-0.2, 0) is 4.79 Å². The highest BCUT2D eigenvalue weighted by Gasteiger charge is 2.27. The summed E-state index contributed by atoms with van der Waals surface area (Å²) in [5.74, 6) is 0.0711. The molecular weight excluding hydrogens is 212 g/mol. The summed E-state index contributed by atoms with van der Waals surface area (Å²) in [5.41, 5.74) is 0.897. The Kier molecular flexibility index (Phi) is 3.23. The van der Waals surface area contributed by atoms with Crippen LogP contribution >= 0.6 is 11.8 Å². The molecule has 0 radical (unpaired) electrons. The quantitative estimate of drug-likeness (QED) is 0.792. The molecule has 1 aromatic heterocycles. The van der Waals surface area contributed by atoms with Crippen molar-refractivity contribution in [3.8, 4) is 0 Å². The fourth-order valence-corrected chi connectivity index (χ4v) is 2.69. The maximum atomic E-state index is 10.8. The van der Waals surface area contributed by atoms with Crippen molar-refractivity contribution in [2.24, 2.45) is 0 Å². The molecule has 1 fully saturated rings. The van der Waals surface area contributed by atoms with Gasteiger partial charge in [-0.25, -0.2) is 0 Å². The van der Waals surface area contributed by atoms with Gasteiger partial charge < -0.3 is 5.11 Å². The number of carboxylic acid groups (broad SMARTS) is 1. The molecule has 0 spiro atoms. The molecule has 0 aliphatic carbocycles. The average molecular weight is 224 g/mol. The van der Waals surface area contributed by atoms with Crippen LogP contribution in [0.4, 0.5) is 0 Å². The van der Waals surface area contributed by atoms with Crippen LogP contribution in [0, 0.1) is 0 Å². The summed E-state index contributed by atoms with van der Waals surface area (Å²) in [6, 6.07) is 5.23. The van der Waals surface area contributed by atoms with Crippen molar-refractivity contribution in [1.29, 1.82) is 0 Å². The highest BCUT2D eigenvalue weighted by molar-refractivity contribution is 7.99. The van der Waals surface area contributed by atoms with Gasteiger partial charge in [0.2, 0.25) is 0 Å². The van der Waals surface area contributed by atoms with Crippen molar-refractivity contribution in [3.63, 3.8) is 0 Å². The zero-order chi connectivity index (χ0) is 10.7. The van der Waals surface area contributed by atoms with E-state index in [2.05, 4.69) is 10.3 Å².